The number of hydrogen-bond acceptors (Lipinski definition) is 3. The Labute approximate surface area is 133 Å². The highest BCUT2D eigenvalue weighted by Gasteiger charge is 2.31. The normalized spacial score (nSPS) is 18.7. The van der Waals surface area contributed by atoms with Gasteiger partial charge in [-0.2, -0.15) is 0 Å². The van der Waals surface area contributed by atoms with Gasteiger partial charge in [-0.25, -0.2) is 0 Å². The molecule has 1 saturated heterocycles. The molecule has 1 amide bonds. The summed E-state index contributed by atoms with van der Waals surface area (Å²) in [6, 6.07) is 1.56. The molecule has 1 aromatic rings. The van der Waals surface area contributed by atoms with Crippen LogP contribution in [-0.4, -0.2) is 41.0 Å². The van der Waals surface area contributed by atoms with Crippen molar-refractivity contribution in [3.8, 4) is 0 Å². The van der Waals surface area contributed by atoms with E-state index in [4.69, 9.17) is 27.9 Å². The summed E-state index contributed by atoms with van der Waals surface area (Å²) in [5, 5.41) is 0.681. The summed E-state index contributed by atoms with van der Waals surface area (Å²) in [6.07, 6.45) is 1.53. The van der Waals surface area contributed by atoms with Crippen LogP contribution < -0.4 is 0 Å². The standard InChI is InChI=1S/C14H18Cl2N2O3/c1-3-21-14(20)9-5-4-6-18(8-9)13(19)11-7-10(15)12(16)17(11)2/h7,9H,3-6,8H2,1-2H3/t9-/m0/s1. The van der Waals surface area contributed by atoms with Crippen LogP contribution in [0.5, 0.6) is 0 Å². The van der Waals surface area contributed by atoms with Crippen LogP contribution in [0.15, 0.2) is 6.07 Å². The Morgan fingerprint density at radius 2 is 2.14 bits per heavy atom. The van der Waals surface area contributed by atoms with Gasteiger partial charge < -0.3 is 14.2 Å². The van der Waals surface area contributed by atoms with E-state index < -0.39 is 0 Å². The van der Waals surface area contributed by atoms with E-state index in [1.807, 2.05) is 0 Å². The second-order valence-electron chi connectivity index (χ2n) is 5.07. The lowest BCUT2D eigenvalue weighted by Gasteiger charge is -2.31. The molecule has 21 heavy (non-hydrogen) atoms. The van der Waals surface area contributed by atoms with Gasteiger partial charge in [-0.3, -0.25) is 9.59 Å². The Morgan fingerprint density at radius 3 is 2.71 bits per heavy atom. The van der Waals surface area contributed by atoms with Crippen LogP contribution in [0.4, 0.5) is 0 Å². The van der Waals surface area contributed by atoms with Crippen molar-refractivity contribution in [2.45, 2.75) is 19.8 Å². The van der Waals surface area contributed by atoms with Crippen molar-refractivity contribution >= 4 is 35.1 Å². The number of carbonyl (C=O) groups is 2. The van der Waals surface area contributed by atoms with Crippen LogP contribution in [0.25, 0.3) is 0 Å². The fourth-order valence-electron chi connectivity index (χ4n) is 2.52. The third-order valence-electron chi connectivity index (χ3n) is 3.66. The Balaban J connectivity index is 2.12. The van der Waals surface area contributed by atoms with Crippen molar-refractivity contribution in [2.75, 3.05) is 19.7 Å². The summed E-state index contributed by atoms with van der Waals surface area (Å²) in [6.45, 7) is 3.12. The number of likely N-dealkylation sites (tertiary alicyclic amines) is 1. The highest BCUT2D eigenvalue weighted by Crippen LogP contribution is 2.27. The van der Waals surface area contributed by atoms with E-state index in [1.165, 1.54) is 0 Å². The zero-order valence-corrected chi connectivity index (χ0v) is 13.6. The monoisotopic (exact) mass is 332 g/mol. The molecule has 1 aromatic heterocycles. The first-order valence-corrected chi connectivity index (χ1v) is 7.68. The molecule has 0 aromatic carbocycles. The Kier molecular flexibility index (Phi) is 5.17. The predicted octanol–water partition coefficient (Wildman–Crippen LogP) is 2.75. The Morgan fingerprint density at radius 1 is 1.43 bits per heavy atom. The topological polar surface area (TPSA) is 51.5 Å². The van der Waals surface area contributed by atoms with Crippen LogP contribution in [0, 0.1) is 5.92 Å². The van der Waals surface area contributed by atoms with Crippen molar-refractivity contribution in [2.24, 2.45) is 13.0 Å². The van der Waals surface area contributed by atoms with Gasteiger partial charge >= 0.3 is 5.97 Å². The van der Waals surface area contributed by atoms with Gasteiger partial charge in [0.15, 0.2) is 0 Å². The maximum Gasteiger partial charge on any atom is 0.310 e. The van der Waals surface area contributed by atoms with Gasteiger partial charge in [-0.15, -0.1) is 0 Å². The molecule has 5 nitrogen and oxygen atoms in total. The molecule has 1 fully saturated rings. The van der Waals surface area contributed by atoms with Crippen LogP contribution in [0.1, 0.15) is 30.3 Å². The lowest BCUT2D eigenvalue weighted by atomic mass is 9.98. The van der Waals surface area contributed by atoms with E-state index in [2.05, 4.69) is 0 Å². The van der Waals surface area contributed by atoms with E-state index in [1.54, 1.807) is 29.5 Å². The third kappa shape index (κ3) is 3.35. The summed E-state index contributed by atoms with van der Waals surface area (Å²) in [4.78, 5) is 26.0. The van der Waals surface area contributed by atoms with E-state index in [0.717, 1.165) is 12.8 Å². The smallest absolute Gasteiger partial charge is 0.310 e. The SMILES string of the molecule is CCOC(=O)[C@H]1CCCN(C(=O)c2cc(Cl)c(Cl)n2C)C1. The molecule has 1 aliphatic heterocycles. The Hall–Kier alpha value is -1.20. The molecule has 0 saturated carbocycles. The summed E-state index contributed by atoms with van der Waals surface area (Å²) in [7, 11) is 1.69. The predicted molar refractivity (Wildman–Crippen MR) is 80.7 cm³/mol. The molecule has 7 heteroatoms. The first-order valence-electron chi connectivity index (χ1n) is 6.92. The molecule has 2 heterocycles. The minimum atomic E-state index is -0.256. The maximum atomic E-state index is 12.5. The van der Waals surface area contributed by atoms with E-state index in [0.29, 0.717) is 35.6 Å². The quantitative estimate of drug-likeness (QED) is 0.799. The van der Waals surface area contributed by atoms with E-state index in [-0.39, 0.29) is 17.8 Å². The minimum Gasteiger partial charge on any atom is -0.466 e. The van der Waals surface area contributed by atoms with Gasteiger partial charge in [0, 0.05) is 20.1 Å². The van der Waals surface area contributed by atoms with Crippen LogP contribution in [0.2, 0.25) is 10.2 Å². The number of halogens is 2. The summed E-state index contributed by atoms with van der Waals surface area (Å²) >= 11 is 11.9. The molecule has 0 unspecified atom stereocenters. The van der Waals surface area contributed by atoms with Crippen molar-refractivity contribution in [3.63, 3.8) is 0 Å². The number of rotatable bonds is 3. The third-order valence-corrected chi connectivity index (χ3v) is 4.51. The number of amides is 1. The van der Waals surface area contributed by atoms with Crippen LogP contribution in [0.3, 0.4) is 0 Å². The molecule has 0 N–H and O–H groups in total. The highest BCUT2D eigenvalue weighted by molar-refractivity contribution is 6.41. The molecule has 0 bridgehead atoms. The molecular weight excluding hydrogens is 315 g/mol. The number of esters is 1. The molecule has 0 radical (unpaired) electrons. The van der Waals surface area contributed by atoms with E-state index >= 15 is 0 Å². The van der Waals surface area contributed by atoms with Gasteiger partial charge in [-0.05, 0) is 25.8 Å². The van der Waals surface area contributed by atoms with Crippen molar-refractivity contribution in [3.05, 3.63) is 21.9 Å². The summed E-state index contributed by atoms with van der Waals surface area (Å²) in [5.74, 6) is -0.660. The highest BCUT2D eigenvalue weighted by atomic mass is 35.5. The summed E-state index contributed by atoms with van der Waals surface area (Å²) < 4.78 is 6.59. The lowest BCUT2D eigenvalue weighted by Crippen LogP contribution is -2.43. The van der Waals surface area contributed by atoms with Crippen molar-refractivity contribution in [1.29, 1.82) is 0 Å². The first kappa shape index (κ1) is 16.2. The summed E-state index contributed by atoms with van der Waals surface area (Å²) in [5.41, 5.74) is 0.425. The molecule has 0 spiro atoms. The van der Waals surface area contributed by atoms with Crippen molar-refractivity contribution in [1.82, 2.24) is 9.47 Å². The maximum absolute atomic E-state index is 12.5. The molecule has 116 valence electrons. The zero-order chi connectivity index (χ0) is 15.6. The average molecular weight is 333 g/mol. The molecule has 0 aliphatic carbocycles. The second-order valence-corrected chi connectivity index (χ2v) is 5.83. The number of aromatic nitrogens is 1. The number of carbonyl (C=O) groups excluding carboxylic acids is 2. The molecule has 2 rings (SSSR count). The van der Waals surface area contributed by atoms with Gasteiger partial charge in [0.2, 0.25) is 0 Å². The molecule has 1 atom stereocenters. The van der Waals surface area contributed by atoms with Gasteiger partial charge in [0.05, 0.1) is 17.5 Å². The second kappa shape index (κ2) is 6.71. The molecule has 1 aliphatic rings. The fourth-order valence-corrected chi connectivity index (χ4v) is 2.90. The van der Waals surface area contributed by atoms with E-state index in [9.17, 15) is 9.59 Å². The molecular formula is C14H18Cl2N2O3. The fraction of sp³-hybridized carbons (Fsp3) is 0.571. The first-order chi connectivity index (χ1) is 9.95. The Bertz CT molecular complexity index is 557. The zero-order valence-electron chi connectivity index (χ0n) is 12.1. The van der Waals surface area contributed by atoms with Crippen molar-refractivity contribution < 1.29 is 14.3 Å². The lowest BCUT2D eigenvalue weighted by molar-refractivity contribution is -0.149. The number of nitrogens with zero attached hydrogens (tertiary/aromatic N) is 2. The average Bonchev–Trinajstić information content (AvgIpc) is 2.74. The number of hydrogen-bond donors (Lipinski definition) is 0. The minimum absolute atomic E-state index is 0.166. The van der Waals surface area contributed by atoms with Gasteiger partial charge in [-0.1, -0.05) is 23.2 Å². The van der Waals surface area contributed by atoms with Crippen LogP contribution in [-0.2, 0) is 16.6 Å². The van der Waals surface area contributed by atoms with Gasteiger partial charge in [0.1, 0.15) is 10.8 Å². The number of ether oxygens (including phenoxy) is 1. The number of piperidine rings is 1. The van der Waals surface area contributed by atoms with Gasteiger partial charge in [0.25, 0.3) is 5.91 Å². The largest absolute Gasteiger partial charge is 0.466 e. The van der Waals surface area contributed by atoms with Crippen LogP contribution >= 0.6 is 23.2 Å².